The molecule has 2 aromatic carbocycles. The molecule has 10 atom stereocenters. The number of aliphatic hydroxyl groups is 2. The predicted molar refractivity (Wildman–Crippen MR) is 184 cm³/mol. The molecule has 0 radical (unpaired) electrons. The number of hydrogen-bond donors (Lipinski definition) is 2. The van der Waals surface area contributed by atoms with Gasteiger partial charge in [0.1, 0.15) is 24.4 Å². The number of carbonyl (C=O) groups excluding carboxylic acids is 3. The molecule has 11 nitrogen and oxygen atoms in total. The zero-order valence-corrected chi connectivity index (χ0v) is 30.4. The number of fused-ring (bicyclic) bond motifs is 4. The first-order chi connectivity index (χ1) is 24.1. The fraction of sp³-hybridized carbons (Fsp3) is 0.575. The van der Waals surface area contributed by atoms with Crippen LogP contribution in [0.4, 0.5) is 0 Å². The molecule has 0 spiro atoms. The Morgan fingerprint density at radius 1 is 0.863 bits per heavy atom. The molecule has 4 aliphatic rings. The molecule has 0 amide bonds. The fourth-order valence-corrected chi connectivity index (χ4v) is 9.75. The van der Waals surface area contributed by atoms with E-state index in [1.165, 1.54) is 20.8 Å². The third-order valence-corrected chi connectivity index (χ3v) is 11.8. The molecule has 1 aliphatic heterocycles. The lowest BCUT2D eigenvalue weighted by molar-refractivity contribution is -0.358. The van der Waals surface area contributed by atoms with Crippen LogP contribution in [0.2, 0.25) is 0 Å². The van der Waals surface area contributed by atoms with Gasteiger partial charge in [-0.2, -0.15) is 0 Å². The third kappa shape index (κ3) is 6.20. The van der Waals surface area contributed by atoms with E-state index in [1.54, 1.807) is 20.8 Å². The second-order valence-electron chi connectivity index (χ2n) is 15.3. The van der Waals surface area contributed by atoms with Crippen molar-refractivity contribution in [3.63, 3.8) is 0 Å². The van der Waals surface area contributed by atoms with E-state index in [1.807, 2.05) is 67.6 Å². The van der Waals surface area contributed by atoms with Crippen molar-refractivity contribution in [1.82, 2.24) is 0 Å². The van der Waals surface area contributed by atoms with Gasteiger partial charge < -0.3 is 38.6 Å². The first kappa shape index (κ1) is 37.2. The number of rotatable bonds is 10. The lowest BCUT2D eigenvalue weighted by atomic mass is 9.49. The van der Waals surface area contributed by atoms with Gasteiger partial charge in [-0.05, 0) is 43.0 Å². The molecule has 0 bridgehead atoms. The highest BCUT2D eigenvalue weighted by molar-refractivity contribution is 5.68. The standard InChI is InChI=1S/C40H50O11/c1-23-29(49-24(2)41)19-39(37(5,6)45)32(23)33(44)35(46-20-27-14-10-8-11-15-27)38(7)30(50-25(3)42)18-31-40(22-48-31,51-26(4)43)34(38)36(39)47-21-28-16-12-9-13-17-28/h8-17,29-31,33-36,44-45H,18-22H2,1-7H3/t29-,30-,31+,33+,34-,35-,36-,38+,39-,40-/m0/s1. The molecule has 6 rings (SSSR count). The van der Waals surface area contributed by atoms with Crippen molar-refractivity contribution < 1.29 is 53.0 Å². The largest absolute Gasteiger partial charge is 0.462 e. The SMILES string of the molecule is CC(=O)O[C@H]1C[C@]2(C(C)(C)O)C(=C1C)[C@@H](O)[C@H](OCc1ccccc1)[C@]1(C)[C@@H](OC(C)=O)C[C@H]3OC[C@@]3(OC(C)=O)[C@H]1[C@@H]2OCc1ccccc1. The average Bonchev–Trinajstić information content (AvgIpc) is 3.31. The minimum absolute atomic E-state index is 0.00430. The normalized spacial score (nSPS) is 35.7. The number of hydrogen-bond acceptors (Lipinski definition) is 11. The molecular weight excluding hydrogens is 656 g/mol. The van der Waals surface area contributed by atoms with Crippen LogP contribution in [0.5, 0.6) is 0 Å². The van der Waals surface area contributed by atoms with Crippen LogP contribution in [-0.2, 0) is 56.0 Å². The molecule has 1 saturated heterocycles. The van der Waals surface area contributed by atoms with Gasteiger partial charge in [0, 0.05) is 44.9 Å². The molecule has 0 aromatic heterocycles. The van der Waals surface area contributed by atoms with Crippen LogP contribution in [0.25, 0.3) is 0 Å². The monoisotopic (exact) mass is 706 g/mol. The average molecular weight is 707 g/mol. The highest BCUT2D eigenvalue weighted by Crippen LogP contribution is 2.68. The first-order valence-electron chi connectivity index (χ1n) is 17.6. The molecule has 0 unspecified atom stereocenters. The summed E-state index contributed by atoms with van der Waals surface area (Å²) in [5.41, 5.74) is -3.01. The summed E-state index contributed by atoms with van der Waals surface area (Å²) in [7, 11) is 0. The summed E-state index contributed by atoms with van der Waals surface area (Å²) in [5.74, 6) is -2.49. The van der Waals surface area contributed by atoms with Crippen molar-refractivity contribution in [2.75, 3.05) is 6.61 Å². The molecule has 1 heterocycles. The second-order valence-corrected chi connectivity index (χ2v) is 15.3. The molecule has 2 N–H and O–H groups in total. The van der Waals surface area contributed by atoms with E-state index in [2.05, 4.69) is 0 Å². The van der Waals surface area contributed by atoms with Gasteiger partial charge in [-0.25, -0.2) is 0 Å². The van der Waals surface area contributed by atoms with E-state index in [9.17, 15) is 24.6 Å². The first-order valence-corrected chi connectivity index (χ1v) is 17.6. The van der Waals surface area contributed by atoms with Crippen LogP contribution in [0, 0.1) is 16.7 Å². The molecular formula is C40H50O11. The van der Waals surface area contributed by atoms with Gasteiger partial charge in [-0.15, -0.1) is 0 Å². The van der Waals surface area contributed by atoms with Gasteiger partial charge >= 0.3 is 17.9 Å². The summed E-state index contributed by atoms with van der Waals surface area (Å²) in [6, 6.07) is 19.0. The Morgan fingerprint density at radius 3 is 1.88 bits per heavy atom. The highest BCUT2D eigenvalue weighted by atomic mass is 16.6. The van der Waals surface area contributed by atoms with Crippen molar-refractivity contribution >= 4 is 17.9 Å². The lowest BCUT2D eigenvalue weighted by Crippen LogP contribution is -2.79. The maximum Gasteiger partial charge on any atom is 0.303 e. The highest BCUT2D eigenvalue weighted by Gasteiger charge is 2.79. The third-order valence-electron chi connectivity index (χ3n) is 11.8. The topological polar surface area (TPSA) is 147 Å². The predicted octanol–water partition coefficient (Wildman–Crippen LogP) is 4.60. The number of esters is 3. The maximum absolute atomic E-state index is 13.1. The van der Waals surface area contributed by atoms with Gasteiger partial charge in [0.15, 0.2) is 5.60 Å². The summed E-state index contributed by atoms with van der Waals surface area (Å²) in [5, 5.41) is 25.5. The van der Waals surface area contributed by atoms with Crippen LogP contribution in [0.3, 0.4) is 0 Å². The Bertz CT molecular complexity index is 1650. The van der Waals surface area contributed by atoms with Crippen molar-refractivity contribution in [1.29, 1.82) is 0 Å². The second kappa shape index (κ2) is 13.7. The van der Waals surface area contributed by atoms with E-state index in [0.29, 0.717) is 11.1 Å². The Morgan fingerprint density at radius 2 is 1.41 bits per heavy atom. The fourth-order valence-electron chi connectivity index (χ4n) is 9.75. The zero-order chi connectivity index (χ0) is 36.9. The van der Waals surface area contributed by atoms with Crippen LogP contribution >= 0.6 is 0 Å². The summed E-state index contributed by atoms with van der Waals surface area (Å²) in [6.07, 6.45) is -5.73. The number of benzene rings is 2. The van der Waals surface area contributed by atoms with Crippen LogP contribution in [0.1, 0.15) is 72.4 Å². The molecule has 3 aliphatic carbocycles. The molecule has 276 valence electrons. The molecule has 11 heteroatoms. The lowest BCUT2D eigenvalue weighted by Gasteiger charge is -2.66. The van der Waals surface area contributed by atoms with E-state index in [4.69, 9.17) is 28.4 Å². The van der Waals surface area contributed by atoms with Gasteiger partial charge in [-0.1, -0.05) is 67.6 Å². The smallest absolute Gasteiger partial charge is 0.303 e. The molecule has 51 heavy (non-hydrogen) atoms. The Hall–Kier alpha value is -3.61. The van der Waals surface area contributed by atoms with Gasteiger partial charge in [0.05, 0.1) is 43.0 Å². The van der Waals surface area contributed by atoms with Crippen LogP contribution in [-0.4, -0.2) is 82.6 Å². The van der Waals surface area contributed by atoms with Crippen LogP contribution in [0.15, 0.2) is 71.8 Å². The number of aliphatic hydroxyl groups excluding tert-OH is 1. The Kier molecular flexibility index (Phi) is 10.0. The van der Waals surface area contributed by atoms with Gasteiger partial charge in [-0.3, -0.25) is 14.4 Å². The number of ether oxygens (including phenoxy) is 6. The number of carbonyl (C=O) groups is 3. The minimum Gasteiger partial charge on any atom is -0.462 e. The quantitative estimate of drug-likeness (QED) is 0.203. The van der Waals surface area contributed by atoms with Gasteiger partial charge in [0.25, 0.3) is 0 Å². The van der Waals surface area contributed by atoms with Crippen molar-refractivity contribution in [2.45, 2.75) is 122 Å². The summed E-state index contributed by atoms with van der Waals surface area (Å²) >= 11 is 0. The zero-order valence-electron chi connectivity index (χ0n) is 30.4. The maximum atomic E-state index is 13.1. The van der Waals surface area contributed by atoms with E-state index in [-0.39, 0.29) is 32.7 Å². The molecule has 2 saturated carbocycles. The summed E-state index contributed by atoms with van der Waals surface area (Å²) < 4.78 is 38.5. The minimum atomic E-state index is -1.62. The van der Waals surface area contributed by atoms with E-state index >= 15 is 0 Å². The van der Waals surface area contributed by atoms with Crippen molar-refractivity contribution in [3.8, 4) is 0 Å². The van der Waals surface area contributed by atoms with E-state index < -0.39 is 82.5 Å². The Balaban J connectivity index is 1.67. The summed E-state index contributed by atoms with van der Waals surface area (Å²) in [4.78, 5) is 38.5. The van der Waals surface area contributed by atoms with Crippen molar-refractivity contribution in [2.24, 2.45) is 16.7 Å². The Labute approximate surface area is 299 Å². The molecule has 3 fully saturated rings. The van der Waals surface area contributed by atoms with E-state index in [0.717, 1.165) is 11.1 Å². The van der Waals surface area contributed by atoms with Gasteiger partial charge in [0.2, 0.25) is 0 Å². The van der Waals surface area contributed by atoms with Crippen LogP contribution < -0.4 is 0 Å². The van der Waals surface area contributed by atoms with Crippen molar-refractivity contribution in [3.05, 3.63) is 82.9 Å². The molecule has 2 aromatic rings. The summed E-state index contributed by atoms with van der Waals surface area (Å²) in [6.45, 7) is 11.2.